The minimum absolute atomic E-state index is 0.0361. The number of alkyl halides is 3. The van der Waals surface area contributed by atoms with E-state index < -0.39 is 12.8 Å². The van der Waals surface area contributed by atoms with Crippen LogP contribution in [0.4, 0.5) is 19.0 Å². The fourth-order valence-corrected chi connectivity index (χ4v) is 2.24. The molecule has 108 valence electrons. The lowest BCUT2D eigenvalue weighted by atomic mass is 10.1. The van der Waals surface area contributed by atoms with Crippen LogP contribution in [0.2, 0.25) is 0 Å². The number of nitrogens with one attached hydrogen (secondary N) is 1. The Kier molecular flexibility index (Phi) is 4.82. The Bertz CT molecular complexity index is 589. The molecule has 0 atom stereocenters. The minimum atomic E-state index is -4.29. The molecule has 0 spiro atoms. The lowest BCUT2D eigenvalue weighted by Gasteiger charge is -2.10. The average molecular weight is 349 g/mol. The van der Waals surface area contributed by atoms with Crippen molar-refractivity contribution in [2.45, 2.75) is 6.18 Å². The first-order valence-corrected chi connectivity index (χ1v) is 6.68. The molecule has 0 amide bonds. The molecule has 0 radical (unpaired) electrons. The van der Waals surface area contributed by atoms with Crippen LogP contribution in [0.5, 0.6) is 0 Å². The minimum Gasteiger partial charge on any atom is -0.370 e. The molecule has 20 heavy (non-hydrogen) atoms. The van der Waals surface area contributed by atoms with Crippen LogP contribution in [-0.2, 0) is 4.74 Å². The quantitative estimate of drug-likeness (QED) is 0.829. The normalized spacial score (nSPS) is 11.8. The largest absolute Gasteiger partial charge is 0.411 e. The van der Waals surface area contributed by atoms with Crippen molar-refractivity contribution in [3.63, 3.8) is 0 Å². The van der Waals surface area contributed by atoms with E-state index in [4.69, 9.17) is 0 Å². The van der Waals surface area contributed by atoms with E-state index in [1.165, 1.54) is 0 Å². The monoisotopic (exact) mass is 348 g/mol. The van der Waals surface area contributed by atoms with Gasteiger partial charge in [0, 0.05) is 28.0 Å². The summed E-state index contributed by atoms with van der Waals surface area (Å²) in [4.78, 5) is 4.18. The maximum atomic E-state index is 11.9. The highest BCUT2D eigenvalue weighted by Crippen LogP contribution is 2.27. The van der Waals surface area contributed by atoms with Crippen molar-refractivity contribution in [2.24, 2.45) is 0 Å². The van der Waals surface area contributed by atoms with Crippen molar-refractivity contribution in [3.8, 4) is 0 Å². The van der Waals surface area contributed by atoms with Crippen molar-refractivity contribution < 1.29 is 17.9 Å². The number of hydrogen-bond donors (Lipinski definition) is 1. The molecule has 0 aliphatic heterocycles. The molecule has 1 heterocycles. The van der Waals surface area contributed by atoms with Crippen molar-refractivity contribution in [2.75, 3.05) is 25.1 Å². The number of benzene rings is 1. The summed E-state index contributed by atoms with van der Waals surface area (Å²) in [7, 11) is 0. The van der Waals surface area contributed by atoms with Gasteiger partial charge in [-0.05, 0) is 12.1 Å². The molecule has 0 aliphatic rings. The Morgan fingerprint density at radius 1 is 1.20 bits per heavy atom. The van der Waals surface area contributed by atoms with Gasteiger partial charge in [0.25, 0.3) is 0 Å². The molecule has 0 bridgehead atoms. The number of hydrogen-bond acceptors (Lipinski definition) is 3. The van der Waals surface area contributed by atoms with Gasteiger partial charge in [-0.15, -0.1) is 0 Å². The van der Waals surface area contributed by atoms with Crippen molar-refractivity contribution in [1.82, 2.24) is 4.98 Å². The molecule has 1 aromatic carbocycles. The van der Waals surface area contributed by atoms with Gasteiger partial charge < -0.3 is 10.1 Å². The maximum absolute atomic E-state index is 11.9. The van der Waals surface area contributed by atoms with Crippen LogP contribution >= 0.6 is 15.9 Å². The number of rotatable bonds is 5. The van der Waals surface area contributed by atoms with Gasteiger partial charge in [-0.1, -0.05) is 28.1 Å². The van der Waals surface area contributed by atoms with Gasteiger partial charge in [0.15, 0.2) is 0 Å². The highest BCUT2D eigenvalue weighted by atomic mass is 79.9. The third-order valence-electron chi connectivity index (χ3n) is 2.56. The second kappa shape index (κ2) is 6.41. The lowest BCUT2D eigenvalue weighted by molar-refractivity contribution is -0.172. The van der Waals surface area contributed by atoms with E-state index in [1.807, 2.05) is 24.3 Å². The Hall–Kier alpha value is -1.34. The fraction of sp³-hybridized carbons (Fsp3) is 0.308. The van der Waals surface area contributed by atoms with E-state index in [2.05, 4.69) is 31.0 Å². The van der Waals surface area contributed by atoms with Crippen LogP contribution in [-0.4, -0.2) is 30.9 Å². The fourth-order valence-electron chi connectivity index (χ4n) is 1.74. The summed E-state index contributed by atoms with van der Waals surface area (Å²) in [5.74, 6) is 0.624. The number of fused-ring (bicyclic) bond motifs is 1. The summed E-state index contributed by atoms with van der Waals surface area (Å²) in [6.45, 7) is -1.01. The summed E-state index contributed by atoms with van der Waals surface area (Å²) < 4.78 is 41.2. The summed E-state index contributed by atoms with van der Waals surface area (Å²) >= 11 is 3.44. The first kappa shape index (κ1) is 15.1. The molecule has 0 saturated heterocycles. The number of aromatic nitrogens is 1. The molecule has 2 aromatic rings. The molecule has 1 aromatic heterocycles. The molecule has 3 nitrogen and oxygen atoms in total. The summed E-state index contributed by atoms with van der Waals surface area (Å²) in [5, 5.41) is 4.86. The van der Waals surface area contributed by atoms with Gasteiger partial charge in [0.1, 0.15) is 12.4 Å². The standard InChI is InChI=1S/C13H12BrF3N2O/c14-11-3-1-2-10-9(11)4-5-18-12(10)19-6-7-20-8-13(15,16)17/h1-5H,6-8H2,(H,18,19). The average Bonchev–Trinajstić information content (AvgIpc) is 2.38. The van der Waals surface area contributed by atoms with E-state index in [0.717, 1.165) is 15.2 Å². The van der Waals surface area contributed by atoms with E-state index >= 15 is 0 Å². The third-order valence-corrected chi connectivity index (χ3v) is 3.25. The second-order valence-corrected chi connectivity index (χ2v) is 4.94. The zero-order chi connectivity index (χ0) is 14.6. The zero-order valence-corrected chi connectivity index (χ0v) is 12.0. The third kappa shape index (κ3) is 4.08. The van der Waals surface area contributed by atoms with Gasteiger partial charge in [-0.25, -0.2) is 4.98 Å². The van der Waals surface area contributed by atoms with Crippen LogP contribution in [0.1, 0.15) is 0 Å². The number of halogens is 4. The number of anilines is 1. The van der Waals surface area contributed by atoms with Gasteiger partial charge in [-0.3, -0.25) is 0 Å². The Morgan fingerprint density at radius 2 is 2.00 bits per heavy atom. The first-order chi connectivity index (χ1) is 9.47. The predicted molar refractivity (Wildman–Crippen MR) is 74.8 cm³/mol. The molecule has 0 aliphatic carbocycles. The summed E-state index contributed by atoms with van der Waals surface area (Å²) in [6, 6.07) is 7.55. The molecular formula is C13H12BrF3N2O. The van der Waals surface area contributed by atoms with Crippen LogP contribution in [0.15, 0.2) is 34.9 Å². The Morgan fingerprint density at radius 3 is 2.75 bits per heavy atom. The molecule has 0 fully saturated rings. The second-order valence-electron chi connectivity index (χ2n) is 4.09. The van der Waals surface area contributed by atoms with Gasteiger partial charge in [0.05, 0.1) is 6.61 Å². The highest BCUT2D eigenvalue weighted by Gasteiger charge is 2.27. The van der Waals surface area contributed by atoms with Gasteiger partial charge in [-0.2, -0.15) is 13.2 Å². The highest BCUT2D eigenvalue weighted by molar-refractivity contribution is 9.10. The van der Waals surface area contributed by atoms with E-state index in [1.54, 1.807) is 6.20 Å². The van der Waals surface area contributed by atoms with Crippen molar-refractivity contribution >= 4 is 32.5 Å². The molecule has 0 unspecified atom stereocenters. The number of ether oxygens (including phenoxy) is 1. The van der Waals surface area contributed by atoms with Gasteiger partial charge in [0.2, 0.25) is 0 Å². The SMILES string of the molecule is FC(F)(F)COCCNc1nccc2c(Br)cccc12. The van der Waals surface area contributed by atoms with Crippen LogP contribution < -0.4 is 5.32 Å². The predicted octanol–water partition coefficient (Wildman–Crippen LogP) is 3.99. The van der Waals surface area contributed by atoms with Crippen LogP contribution in [0.3, 0.4) is 0 Å². The zero-order valence-electron chi connectivity index (χ0n) is 10.4. The van der Waals surface area contributed by atoms with Gasteiger partial charge >= 0.3 is 6.18 Å². The lowest BCUT2D eigenvalue weighted by Crippen LogP contribution is -2.20. The number of nitrogens with zero attached hydrogens (tertiary/aromatic N) is 1. The Balaban J connectivity index is 1.95. The van der Waals surface area contributed by atoms with Crippen LogP contribution in [0, 0.1) is 0 Å². The van der Waals surface area contributed by atoms with Crippen molar-refractivity contribution in [1.29, 1.82) is 0 Å². The maximum Gasteiger partial charge on any atom is 0.411 e. The van der Waals surface area contributed by atoms with E-state index in [-0.39, 0.29) is 13.2 Å². The smallest absolute Gasteiger partial charge is 0.370 e. The Labute approximate surface area is 122 Å². The van der Waals surface area contributed by atoms with Crippen molar-refractivity contribution in [3.05, 3.63) is 34.9 Å². The molecular weight excluding hydrogens is 337 g/mol. The van der Waals surface area contributed by atoms with Crippen LogP contribution in [0.25, 0.3) is 10.8 Å². The molecule has 7 heteroatoms. The first-order valence-electron chi connectivity index (χ1n) is 5.89. The molecule has 2 rings (SSSR count). The summed E-state index contributed by atoms with van der Waals surface area (Å²) in [5.41, 5.74) is 0. The van der Waals surface area contributed by atoms with E-state index in [9.17, 15) is 13.2 Å². The molecule has 0 saturated carbocycles. The van der Waals surface area contributed by atoms with E-state index in [0.29, 0.717) is 5.82 Å². The number of pyridine rings is 1. The topological polar surface area (TPSA) is 34.1 Å². The molecule has 1 N–H and O–H groups in total. The summed E-state index contributed by atoms with van der Waals surface area (Å²) in [6.07, 6.45) is -2.64.